The molecule has 0 atom stereocenters. The number of aryl methyl sites for hydroxylation is 1. The van der Waals surface area contributed by atoms with Crippen LogP contribution in [0.3, 0.4) is 0 Å². The molecule has 0 aliphatic heterocycles. The minimum Gasteiger partial charge on any atom is -0.352 e. The molecule has 2 aromatic carbocycles. The fraction of sp³-hybridized carbons (Fsp3) is 0.235. The Labute approximate surface area is 128 Å². The fourth-order valence-corrected chi connectivity index (χ4v) is 2.36. The van der Waals surface area contributed by atoms with E-state index in [2.05, 4.69) is 33.4 Å². The molecular formula is C17H18BrNO. The summed E-state index contributed by atoms with van der Waals surface area (Å²) in [5, 5.41) is 3.82. The average Bonchev–Trinajstić information content (AvgIpc) is 2.48. The first-order chi connectivity index (χ1) is 9.69. The molecule has 0 saturated heterocycles. The lowest BCUT2D eigenvalue weighted by Crippen LogP contribution is -2.24. The second-order valence-electron chi connectivity index (χ2n) is 4.83. The predicted molar refractivity (Wildman–Crippen MR) is 85.8 cm³/mol. The fourth-order valence-electron chi connectivity index (χ4n) is 1.99. The number of alkyl halides is 1. The van der Waals surface area contributed by atoms with Crippen molar-refractivity contribution in [3.8, 4) is 0 Å². The van der Waals surface area contributed by atoms with Gasteiger partial charge in [-0.2, -0.15) is 0 Å². The number of nitrogens with one attached hydrogen (secondary N) is 1. The van der Waals surface area contributed by atoms with Gasteiger partial charge < -0.3 is 5.32 Å². The van der Waals surface area contributed by atoms with Crippen molar-refractivity contribution in [1.82, 2.24) is 5.32 Å². The molecule has 2 rings (SSSR count). The molecule has 2 nitrogen and oxygen atoms in total. The molecule has 0 heterocycles. The molecule has 0 unspecified atom stereocenters. The van der Waals surface area contributed by atoms with Crippen LogP contribution < -0.4 is 5.32 Å². The lowest BCUT2D eigenvalue weighted by molar-refractivity contribution is -0.120. The molecule has 0 aromatic heterocycles. The van der Waals surface area contributed by atoms with E-state index in [0.29, 0.717) is 13.0 Å². The molecule has 3 heteroatoms. The van der Waals surface area contributed by atoms with Crippen LogP contribution >= 0.6 is 15.9 Å². The summed E-state index contributed by atoms with van der Waals surface area (Å²) >= 11 is 3.42. The normalized spacial score (nSPS) is 10.3. The summed E-state index contributed by atoms with van der Waals surface area (Å²) < 4.78 is 0. The van der Waals surface area contributed by atoms with E-state index >= 15 is 0 Å². The first-order valence-electron chi connectivity index (χ1n) is 6.64. The number of hydrogen-bond donors (Lipinski definition) is 1. The third-order valence-electron chi connectivity index (χ3n) is 3.28. The van der Waals surface area contributed by atoms with E-state index in [1.807, 2.05) is 43.3 Å². The van der Waals surface area contributed by atoms with Gasteiger partial charge in [0.05, 0.1) is 6.42 Å². The molecule has 0 bridgehead atoms. The van der Waals surface area contributed by atoms with Crippen LogP contribution in [0.4, 0.5) is 0 Å². The van der Waals surface area contributed by atoms with Gasteiger partial charge in [0.15, 0.2) is 0 Å². The third kappa shape index (κ3) is 4.20. The van der Waals surface area contributed by atoms with Crippen LogP contribution in [0, 0.1) is 6.92 Å². The summed E-state index contributed by atoms with van der Waals surface area (Å²) in [6.07, 6.45) is 0.437. The van der Waals surface area contributed by atoms with Crippen molar-refractivity contribution in [2.45, 2.75) is 25.2 Å². The number of benzene rings is 2. The Balaban J connectivity index is 1.87. The van der Waals surface area contributed by atoms with Crippen LogP contribution in [0.25, 0.3) is 0 Å². The summed E-state index contributed by atoms with van der Waals surface area (Å²) in [7, 11) is 0. The van der Waals surface area contributed by atoms with Gasteiger partial charge >= 0.3 is 0 Å². The van der Waals surface area contributed by atoms with Crippen LogP contribution in [0.1, 0.15) is 22.3 Å². The largest absolute Gasteiger partial charge is 0.352 e. The van der Waals surface area contributed by atoms with E-state index < -0.39 is 0 Å². The lowest BCUT2D eigenvalue weighted by atomic mass is 10.1. The maximum atomic E-state index is 11.9. The Kier molecular flexibility index (Phi) is 5.36. The SMILES string of the molecule is Cc1ccccc1CC(=O)NCc1ccc(CBr)cc1. The van der Waals surface area contributed by atoms with Gasteiger partial charge in [0, 0.05) is 11.9 Å². The number of carbonyl (C=O) groups excluding carboxylic acids is 1. The molecule has 0 aliphatic rings. The van der Waals surface area contributed by atoms with Gasteiger partial charge in [-0.05, 0) is 29.2 Å². The Morgan fingerprint density at radius 3 is 2.35 bits per heavy atom. The standard InChI is InChI=1S/C17H18BrNO/c1-13-4-2-3-5-16(13)10-17(20)19-12-15-8-6-14(11-18)7-9-15/h2-9H,10-12H2,1H3,(H,19,20). The molecule has 1 N–H and O–H groups in total. The lowest BCUT2D eigenvalue weighted by Gasteiger charge is -2.08. The van der Waals surface area contributed by atoms with Crippen LogP contribution in [0.15, 0.2) is 48.5 Å². The molecule has 0 fully saturated rings. The highest BCUT2D eigenvalue weighted by Crippen LogP contribution is 2.09. The quantitative estimate of drug-likeness (QED) is 0.830. The average molecular weight is 332 g/mol. The van der Waals surface area contributed by atoms with Gasteiger partial charge in [0.25, 0.3) is 0 Å². The van der Waals surface area contributed by atoms with Crippen molar-refractivity contribution in [2.75, 3.05) is 0 Å². The monoisotopic (exact) mass is 331 g/mol. The van der Waals surface area contributed by atoms with Crippen molar-refractivity contribution in [3.63, 3.8) is 0 Å². The van der Waals surface area contributed by atoms with Gasteiger partial charge in [-0.25, -0.2) is 0 Å². The van der Waals surface area contributed by atoms with Gasteiger partial charge in [0.1, 0.15) is 0 Å². The Morgan fingerprint density at radius 2 is 1.70 bits per heavy atom. The Hall–Kier alpha value is -1.61. The predicted octanol–water partition coefficient (Wildman–Crippen LogP) is 3.75. The summed E-state index contributed by atoms with van der Waals surface area (Å²) in [6, 6.07) is 16.2. The second kappa shape index (κ2) is 7.25. The van der Waals surface area contributed by atoms with Crippen LogP contribution in [0.5, 0.6) is 0 Å². The van der Waals surface area contributed by atoms with Crippen molar-refractivity contribution in [1.29, 1.82) is 0 Å². The Morgan fingerprint density at radius 1 is 1.05 bits per heavy atom. The minimum atomic E-state index is 0.0591. The van der Waals surface area contributed by atoms with Gasteiger partial charge in [0.2, 0.25) is 5.91 Å². The molecule has 1 amide bonds. The highest BCUT2D eigenvalue weighted by atomic mass is 79.9. The minimum absolute atomic E-state index is 0.0591. The van der Waals surface area contributed by atoms with E-state index in [4.69, 9.17) is 0 Å². The second-order valence-corrected chi connectivity index (χ2v) is 5.39. The van der Waals surface area contributed by atoms with E-state index in [1.165, 1.54) is 5.56 Å². The first kappa shape index (κ1) is 14.8. The molecule has 0 aliphatic carbocycles. The molecule has 104 valence electrons. The Bertz CT molecular complexity index is 578. The molecule has 0 spiro atoms. The van der Waals surface area contributed by atoms with E-state index in [1.54, 1.807) is 0 Å². The van der Waals surface area contributed by atoms with Crippen LogP contribution in [-0.4, -0.2) is 5.91 Å². The zero-order chi connectivity index (χ0) is 14.4. The van der Waals surface area contributed by atoms with Crippen molar-refractivity contribution < 1.29 is 4.79 Å². The topological polar surface area (TPSA) is 29.1 Å². The highest BCUT2D eigenvalue weighted by Gasteiger charge is 2.05. The first-order valence-corrected chi connectivity index (χ1v) is 7.76. The van der Waals surface area contributed by atoms with Crippen molar-refractivity contribution >= 4 is 21.8 Å². The number of rotatable bonds is 5. The third-order valence-corrected chi connectivity index (χ3v) is 3.93. The summed E-state index contributed by atoms with van der Waals surface area (Å²) in [5.41, 5.74) is 4.59. The number of halogens is 1. The van der Waals surface area contributed by atoms with Crippen LogP contribution in [0.2, 0.25) is 0 Å². The molecule has 0 saturated carbocycles. The smallest absolute Gasteiger partial charge is 0.224 e. The maximum Gasteiger partial charge on any atom is 0.224 e. The maximum absolute atomic E-state index is 11.9. The molecule has 20 heavy (non-hydrogen) atoms. The van der Waals surface area contributed by atoms with E-state index in [9.17, 15) is 4.79 Å². The molecular weight excluding hydrogens is 314 g/mol. The van der Waals surface area contributed by atoms with Crippen molar-refractivity contribution in [3.05, 3.63) is 70.8 Å². The van der Waals surface area contributed by atoms with E-state index in [0.717, 1.165) is 22.0 Å². The van der Waals surface area contributed by atoms with E-state index in [-0.39, 0.29) is 5.91 Å². The van der Waals surface area contributed by atoms with Gasteiger partial charge in [-0.3, -0.25) is 4.79 Å². The zero-order valence-electron chi connectivity index (χ0n) is 11.5. The van der Waals surface area contributed by atoms with Crippen molar-refractivity contribution in [2.24, 2.45) is 0 Å². The summed E-state index contributed by atoms with van der Waals surface area (Å²) in [4.78, 5) is 11.9. The number of carbonyl (C=O) groups is 1. The summed E-state index contributed by atoms with van der Waals surface area (Å²) in [5.74, 6) is 0.0591. The summed E-state index contributed by atoms with van der Waals surface area (Å²) in [6.45, 7) is 2.61. The molecule has 0 radical (unpaired) electrons. The van der Waals surface area contributed by atoms with Gasteiger partial charge in [-0.1, -0.05) is 64.5 Å². The highest BCUT2D eigenvalue weighted by molar-refractivity contribution is 9.08. The zero-order valence-corrected chi connectivity index (χ0v) is 13.1. The molecule has 2 aromatic rings. The number of amides is 1. The van der Waals surface area contributed by atoms with Crippen LogP contribution in [-0.2, 0) is 23.1 Å². The number of hydrogen-bond acceptors (Lipinski definition) is 1. The van der Waals surface area contributed by atoms with Gasteiger partial charge in [-0.15, -0.1) is 0 Å².